The summed E-state index contributed by atoms with van der Waals surface area (Å²) in [6.45, 7) is 8.71. The molecule has 0 spiro atoms. The van der Waals surface area contributed by atoms with Crippen molar-refractivity contribution in [2.45, 2.75) is 63.7 Å². The summed E-state index contributed by atoms with van der Waals surface area (Å²) in [4.78, 5) is 4.33. The first-order valence-electron chi connectivity index (χ1n) is 7.12. The molecule has 0 aliphatic heterocycles. The Bertz CT molecular complexity index is 417. The lowest BCUT2D eigenvalue weighted by Crippen LogP contribution is -2.24. The lowest BCUT2D eigenvalue weighted by atomic mass is 9.77. The van der Waals surface area contributed by atoms with Gasteiger partial charge in [0, 0.05) is 11.4 Å². The van der Waals surface area contributed by atoms with Gasteiger partial charge in [0.2, 0.25) is 0 Å². The first kappa shape index (κ1) is 16.0. The Balaban J connectivity index is 0.000000861. The van der Waals surface area contributed by atoms with Gasteiger partial charge in [0.25, 0.3) is 0 Å². The van der Waals surface area contributed by atoms with Crippen molar-refractivity contribution < 1.29 is 0 Å². The molecule has 2 nitrogen and oxygen atoms in total. The molecule has 1 heterocycles. The van der Waals surface area contributed by atoms with Crippen LogP contribution in [0.3, 0.4) is 0 Å². The second-order valence-corrected chi connectivity index (χ2v) is 6.82. The molecular formula is C16H24N2S. The van der Waals surface area contributed by atoms with E-state index in [-0.39, 0.29) is 0 Å². The lowest BCUT2D eigenvalue weighted by molar-refractivity contribution is 0.251. The van der Waals surface area contributed by atoms with Gasteiger partial charge in [-0.3, -0.25) is 0 Å². The number of hydrogen-bond donors (Lipinski definition) is 0. The Morgan fingerprint density at radius 1 is 1.37 bits per heavy atom. The molecule has 0 N–H and O–H groups in total. The number of thioether (sulfide) groups is 1. The van der Waals surface area contributed by atoms with Crippen molar-refractivity contribution in [3.05, 3.63) is 23.9 Å². The average Bonchev–Trinajstić information content (AvgIpc) is 2.41. The molecule has 0 radical (unpaired) electrons. The van der Waals surface area contributed by atoms with E-state index in [0.29, 0.717) is 16.2 Å². The summed E-state index contributed by atoms with van der Waals surface area (Å²) < 4.78 is 0. The zero-order chi connectivity index (χ0) is 14.3. The van der Waals surface area contributed by atoms with Crippen LogP contribution in [0.1, 0.15) is 58.9 Å². The Labute approximate surface area is 121 Å². The molecule has 3 heteroatoms. The molecule has 0 saturated heterocycles. The van der Waals surface area contributed by atoms with Crippen LogP contribution >= 0.6 is 11.8 Å². The second-order valence-electron chi connectivity index (χ2n) is 5.50. The summed E-state index contributed by atoms with van der Waals surface area (Å²) in [5.41, 5.74) is 1.11. The Kier molecular flexibility index (Phi) is 6.37. The highest BCUT2D eigenvalue weighted by Crippen LogP contribution is 2.41. The summed E-state index contributed by atoms with van der Waals surface area (Å²) in [7, 11) is 0. The van der Waals surface area contributed by atoms with E-state index < -0.39 is 0 Å². The summed E-state index contributed by atoms with van der Waals surface area (Å²) in [5, 5.41) is 10.4. The van der Waals surface area contributed by atoms with Crippen LogP contribution in [0.2, 0.25) is 0 Å². The van der Waals surface area contributed by atoms with Gasteiger partial charge in [0.1, 0.15) is 6.07 Å². The second kappa shape index (κ2) is 7.55. The van der Waals surface area contributed by atoms with Crippen LogP contribution < -0.4 is 0 Å². The van der Waals surface area contributed by atoms with Crippen LogP contribution in [-0.2, 0) is 0 Å². The van der Waals surface area contributed by atoms with E-state index in [9.17, 15) is 0 Å². The van der Waals surface area contributed by atoms with Crippen molar-refractivity contribution in [2.75, 3.05) is 0 Å². The average molecular weight is 276 g/mol. The van der Waals surface area contributed by atoms with Crippen LogP contribution in [0.4, 0.5) is 0 Å². The molecular weight excluding hydrogens is 252 g/mol. The molecule has 19 heavy (non-hydrogen) atoms. The Morgan fingerprint density at radius 2 is 2.11 bits per heavy atom. The predicted molar refractivity (Wildman–Crippen MR) is 82.2 cm³/mol. The number of pyridine rings is 1. The maximum atomic E-state index is 8.72. The fraction of sp³-hybridized carbons (Fsp3) is 0.625. The van der Waals surface area contributed by atoms with Crippen LogP contribution in [0.15, 0.2) is 23.4 Å². The fourth-order valence-electron chi connectivity index (χ4n) is 2.42. The van der Waals surface area contributed by atoms with Gasteiger partial charge in [0.15, 0.2) is 0 Å². The number of nitriles is 1. The zero-order valence-electron chi connectivity index (χ0n) is 12.4. The molecule has 1 atom stereocenters. The standard InChI is InChI=1S/C14H18N2S.C2H6/c1-14(2)7-3-4-12(8-14)17-13-6-5-11(9-15)10-16-13;1-2/h5-6,10,12H,3-4,7-8H2,1-2H3;1-2H3. The van der Waals surface area contributed by atoms with Crippen molar-refractivity contribution >= 4 is 11.8 Å². The van der Waals surface area contributed by atoms with Crippen molar-refractivity contribution in [2.24, 2.45) is 5.41 Å². The van der Waals surface area contributed by atoms with Crippen LogP contribution in [0.5, 0.6) is 0 Å². The molecule has 1 aromatic rings. The van der Waals surface area contributed by atoms with Crippen molar-refractivity contribution in [3.8, 4) is 6.07 Å². The molecule has 1 aromatic heterocycles. The lowest BCUT2D eigenvalue weighted by Gasteiger charge is -2.34. The minimum absolute atomic E-state index is 0.475. The maximum absolute atomic E-state index is 8.72. The van der Waals surface area contributed by atoms with E-state index in [2.05, 4.69) is 24.9 Å². The molecule has 0 aromatic carbocycles. The highest BCUT2D eigenvalue weighted by atomic mass is 32.2. The van der Waals surface area contributed by atoms with E-state index >= 15 is 0 Å². The monoisotopic (exact) mass is 276 g/mol. The molecule has 1 aliphatic carbocycles. The van der Waals surface area contributed by atoms with Crippen molar-refractivity contribution in [3.63, 3.8) is 0 Å². The van der Waals surface area contributed by atoms with Gasteiger partial charge in [0.05, 0.1) is 10.6 Å². The summed E-state index contributed by atoms with van der Waals surface area (Å²) in [6.07, 6.45) is 6.87. The van der Waals surface area contributed by atoms with E-state index in [1.165, 1.54) is 25.7 Å². The third kappa shape index (κ3) is 5.24. The highest BCUT2D eigenvalue weighted by molar-refractivity contribution is 7.99. The number of aromatic nitrogens is 1. The first-order valence-corrected chi connectivity index (χ1v) is 8.00. The Morgan fingerprint density at radius 3 is 2.63 bits per heavy atom. The normalized spacial score (nSPS) is 20.9. The molecule has 104 valence electrons. The molecule has 0 bridgehead atoms. The summed E-state index contributed by atoms with van der Waals surface area (Å²) in [5.74, 6) is 0. The summed E-state index contributed by atoms with van der Waals surface area (Å²) >= 11 is 1.87. The Hall–Kier alpha value is -1.01. The predicted octanol–water partition coefficient (Wildman–Crippen LogP) is 5.04. The van der Waals surface area contributed by atoms with Gasteiger partial charge in [-0.15, -0.1) is 11.8 Å². The van der Waals surface area contributed by atoms with Crippen molar-refractivity contribution in [1.82, 2.24) is 4.98 Å². The highest BCUT2D eigenvalue weighted by Gasteiger charge is 2.28. The van der Waals surface area contributed by atoms with Crippen molar-refractivity contribution in [1.29, 1.82) is 5.26 Å². The number of hydrogen-bond acceptors (Lipinski definition) is 3. The molecule has 2 rings (SSSR count). The first-order chi connectivity index (χ1) is 9.09. The minimum Gasteiger partial charge on any atom is -0.249 e. The largest absolute Gasteiger partial charge is 0.249 e. The molecule has 1 fully saturated rings. The fourth-order valence-corrected chi connectivity index (χ4v) is 3.84. The van der Waals surface area contributed by atoms with E-state index in [4.69, 9.17) is 5.26 Å². The van der Waals surface area contributed by atoms with Gasteiger partial charge in [-0.25, -0.2) is 4.98 Å². The number of rotatable bonds is 2. The van der Waals surface area contributed by atoms with Crippen LogP contribution in [0, 0.1) is 16.7 Å². The molecule has 1 unspecified atom stereocenters. The van der Waals surface area contributed by atoms with Crippen LogP contribution in [0.25, 0.3) is 0 Å². The number of nitrogens with zero attached hydrogens (tertiary/aromatic N) is 2. The quantitative estimate of drug-likeness (QED) is 0.759. The zero-order valence-corrected chi connectivity index (χ0v) is 13.3. The van der Waals surface area contributed by atoms with E-state index in [1.54, 1.807) is 6.20 Å². The molecule has 1 saturated carbocycles. The van der Waals surface area contributed by atoms with Gasteiger partial charge in [-0.2, -0.15) is 5.26 Å². The topological polar surface area (TPSA) is 36.7 Å². The molecule has 0 amide bonds. The van der Waals surface area contributed by atoms with Gasteiger partial charge in [-0.1, -0.05) is 34.1 Å². The van der Waals surface area contributed by atoms with Gasteiger partial charge >= 0.3 is 0 Å². The smallest absolute Gasteiger partial charge is 0.101 e. The minimum atomic E-state index is 0.475. The SMILES string of the molecule is CC.CC1(C)CCCC(Sc2ccc(C#N)cn2)C1. The van der Waals surface area contributed by atoms with Gasteiger partial charge in [-0.05, 0) is 36.8 Å². The maximum Gasteiger partial charge on any atom is 0.101 e. The van der Waals surface area contributed by atoms with Crippen LogP contribution in [-0.4, -0.2) is 10.2 Å². The summed E-state index contributed by atoms with van der Waals surface area (Å²) in [6, 6.07) is 5.91. The molecule has 1 aliphatic rings. The third-order valence-electron chi connectivity index (χ3n) is 3.31. The van der Waals surface area contributed by atoms with E-state index in [1.807, 2.05) is 37.7 Å². The third-order valence-corrected chi connectivity index (χ3v) is 4.53. The van der Waals surface area contributed by atoms with E-state index in [0.717, 1.165) is 5.03 Å². The van der Waals surface area contributed by atoms with Gasteiger partial charge < -0.3 is 0 Å².